The molecule has 0 aliphatic heterocycles. The van der Waals surface area contributed by atoms with Crippen molar-refractivity contribution in [2.45, 2.75) is 10.9 Å². The molecule has 21 heavy (non-hydrogen) atoms. The van der Waals surface area contributed by atoms with Crippen molar-refractivity contribution in [1.29, 1.82) is 0 Å². The number of rotatable bonds is 4. The van der Waals surface area contributed by atoms with Crippen molar-refractivity contribution in [3.8, 4) is 0 Å². The van der Waals surface area contributed by atoms with Gasteiger partial charge in [0.2, 0.25) is 15.9 Å². The lowest BCUT2D eigenvalue weighted by molar-refractivity contribution is -0.117. The van der Waals surface area contributed by atoms with Crippen molar-refractivity contribution >= 4 is 21.6 Å². The van der Waals surface area contributed by atoms with Crippen molar-refractivity contribution in [2.24, 2.45) is 17.9 Å². The summed E-state index contributed by atoms with van der Waals surface area (Å²) in [6, 6.07) is 4.87. The lowest BCUT2D eigenvalue weighted by atomic mass is 10.1. The Kier molecular flexibility index (Phi) is 4.07. The van der Waals surface area contributed by atoms with E-state index < -0.39 is 22.0 Å². The summed E-state index contributed by atoms with van der Waals surface area (Å²) in [7, 11) is -2.24. The zero-order chi connectivity index (χ0) is 15.6. The van der Waals surface area contributed by atoms with E-state index in [9.17, 15) is 13.2 Å². The predicted octanol–water partition coefficient (Wildman–Crippen LogP) is -0.294. The van der Waals surface area contributed by atoms with Gasteiger partial charge in [0.25, 0.3) is 0 Å². The van der Waals surface area contributed by atoms with E-state index in [4.69, 9.17) is 10.9 Å². The standard InChI is InChI=1S/C12H15N5O3S/c1-17-7-8(6-15-17)11(13)12(18)16-9-4-2-3-5-10(9)21(14,19)20/h2-7,11H,13H2,1H3,(H,16,18)(H2,14,19,20). The zero-order valence-corrected chi connectivity index (χ0v) is 12.0. The number of anilines is 1. The Balaban J connectivity index is 2.25. The third-order valence-corrected chi connectivity index (χ3v) is 3.79. The molecule has 0 fully saturated rings. The number of nitrogens with one attached hydrogen (secondary N) is 1. The number of primary sulfonamides is 1. The summed E-state index contributed by atoms with van der Waals surface area (Å²) in [6.45, 7) is 0. The quantitative estimate of drug-likeness (QED) is 0.713. The van der Waals surface area contributed by atoms with Crippen LogP contribution in [0.15, 0.2) is 41.6 Å². The highest BCUT2D eigenvalue weighted by molar-refractivity contribution is 7.89. The lowest BCUT2D eigenvalue weighted by Gasteiger charge is -2.13. The van der Waals surface area contributed by atoms with Crippen LogP contribution in [0.1, 0.15) is 11.6 Å². The minimum Gasteiger partial charge on any atom is -0.323 e. The molecule has 0 bridgehead atoms. The van der Waals surface area contributed by atoms with Crippen LogP contribution in [0.5, 0.6) is 0 Å². The SMILES string of the molecule is Cn1cc(C(N)C(=O)Nc2ccccc2S(N)(=O)=O)cn1. The molecule has 1 unspecified atom stereocenters. The average molecular weight is 309 g/mol. The normalized spacial score (nSPS) is 12.9. The molecular formula is C12H15N5O3S. The number of amides is 1. The molecule has 2 rings (SSSR count). The number of aryl methyl sites for hydroxylation is 1. The molecule has 0 saturated heterocycles. The first-order valence-electron chi connectivity index (χ1n) is 5.96. The molecule has 0 spiro atoms. The van der Waals surface area contributed by atoms with E-state index in [1.807, 2.05) is 0 Å². The van der Waals surface area contributed by atoms with Crippen LogP contribution in [0.4, 0.5) is 5.69 Å². The smallest absolute Gasteiger partial charge is 0.246 e. The molecule has 1 heterocycles. The summed E-state index contributed by atoms with van der Waals surface area (Å²) in [5.41, 5.74) is 6.42. The van der Waals surface area contributed by atoms with Crippen LogP contribution in [0.2, 0.25) is 0 Å². The van der Waals surface area contributed by atoms with Crippen molar-refractivity contribution < 1.29 is 13.2 Å². The van der Waals surface area contributed by atoms with Gasteiger partial charge in [-0.1, -0.05) is 12.1 Å². The first kappa shape index (κ1) is 15.2. The molecule has 8 nitrogen and oxygen atoms in total. The minimum atomic E-state index is -3.94. The van der Waals surface area contributed by atoms with Gasteiger partial charge in [-0.15, -0.1) is 0 Å². The maximum Gasteiger partial charge on any atom is 0.246 e. The van der Waals surface area contributed by atoms with Gasteiger partial charge < -0.3 is 11.1 Å². The van der Waals surface area contributed by atoms with E-state index in [-0.39, 0.29) is 10.6 Å². The average Bonchev–Trinajstić information content (AvgIpc) is 2.84. The minimum absolute atomic E-state index is 0.0874. The van der Waals surface area contributed by atoms with Crippen LogP contribution in [0.3, 0.4) is 0 Å². The third kappa shape index (κ3) is 3.45. The highest BCUT2D eigenvalue weighted by Gasteiger charge is 2.20. The summed E-state index contributed by atoms with van der Waals surface area (Å²) in [5, 5.41) is 11.5. The molecule has 2 aromatic rings. The summed E-state index contributed by atoms with van der Waals surface area (Å²) in [4.78, 5) is 11.9. The Morgan fingerprint density at radius 1 is 1.38 bits per heavy atom. The molecule has 0 aliphatic rings. The van der Waals surface area contributed by atoms with Gasteiger partial charge >= 0.3 is 0 Å². The zero-order valence-electron chi connectivity index (χ0n) is 11.2. The number of hydrogen-bond acceptors (Lipinski definition) is 5. The number of nitrogens with two attached hydrogens (primary N) is 2. The van der Waals surface area contributed by atoms with Gasteiger partial charge in [-0.05, 0) is 12.1 Å². The van der Waals surface area contributed by atoms with Crippen LogP contribution >= 0.6 is 0 Å². The van der Waals surface area contributed by atoms with Crippen molar-refractivity contribution in [2.75, 3.05) is 5.32 Å². The number of sulfonamides is 1. The fraction of sp³-hybridized carbons (Fsp3) is 0.167. The summed E-state index contributed by atoms with van der Waals surface area (Å²) < 4.78 is 24.4. The summed E-state index contributed by atoms with van der Waals surface area (Å²) in [6.07, 6.45) is 3.08. The van der Waals surface area contributed by atoms with Gasteiger partial charge in [-0.2, -0.15) is 5.10 Å². The Labute approximate surface area is 121 Å². The van der Waals surface area contributed by atoms with E-state index in [2.05, 4.69) is 10.4 Å². The second kappa shape index (κ2) is 5.64. The van der Waals surface area contributed by atoms with Crippen LogP contribution in [-0.4, -0.2) is 24.1 Å². The Morgan fingerprint density at radius 3 is 2.62 bits per heavy atom. The number of aromatic nitrogens is 2. The van der Waals surface area contributed by atoms with Crippen LogP contribution in [0, 0.1) is 0 Å². The molecule has 0 saturated carbocycles. The number of carbonyl (C=O) groups excluding carboxylic acids is 1. The predicted molar refractivity (Wildman–Crippen MR) is 76.6 cm³/mol. The topological polar surface area (TPSA) is 133 Å². The van der Waals surface area contributed by atoms with E-state index in [1.165, 1.54) is 29.1 Å². The Morgan fingerprint density at radius 2 is 2.05 bits per heavy atom. The van der Waals surface area contributed by atoms with Crippen molar-refractivity contribution in [3.05, 3.63) is 42.2 Å². The molecule has 0 radical (unpaired) electrons. The molecule has 112 valence electrons. The van der Waals surface area contributed by atoms with E-state index in [1.54, 1.807) is 19.3 Å². The molecule has 1 amide bonds. The van der Waals surface area contributed by atoms with Crippen molar-refractivity contribution in [3.63, 3.8) is 0 Å². The summed E-state index contributed by atoms with van der Waals surface area (Å²) in [5.74, 6) is -0.556. The molecule has 0 aliphatic carbocycles. The molecule has 5 N–H and O–H groups in total. The molecule has 1 atom stereocenters. The van der Waals surface area contributed by atoms with Crippen molar-refractivity contribution in [1.82, 2.24) is 9.78 Å². The van der Waals surface area contributed by atoms with Gasteiger partial charge in [-0.3, -0.25) is 9.48 Å². The van der Waals surface area contributed by atoms with E-state index >= 15 is 0 Å². The second-order valence-electron chi connectivity index (χ2n) is 4.46. The van der Waals surface area contributed by atoms with Gasteiger partial charge in [0.05, 0.1) is 11.9 Å². The van der Waals surface area contributed by atoms with Crippen LogP contribution in [-0.2, 0) is 21.9 Å². The number of benzene rings is 1. The third-order valence-electron chi connectivity index (χ3n) is 2.82. The number of para-hydroxylation sites is 1. The van der Waals surface area contributed by atoms with E-state index in [0.29, 0.717) is 5.56 Å². The maximum atomic E-state index is 12.1. The monoisotopic (exact) mass is 309 g/mol. The molecule has 9 heteroatoms. The fourth-order valence-electron chi connectivity index (χ4n) is 1.78. The first-order valence-corrected chi connectivity index (χ1v) is 7.50. The van der Waals surface area contributed by atoms with Gasteiger partial charge in [-0.25, -0.2) is 13.6 Å². The fourth-order valence-corrected chi connectivity index (χ4v) is 2.47. The summed E-state index contributed by atoms with van der Waals surface area (Å²) >= 11 is 0. The van der Waals surface area contributed by atoms with Crippen LogP contribution in [0.25, 0.3) is 0 Å². The molecular weight excluding hydrogens is 294 g/mol. The first-order chi connectivity index (χ1) is 9.79. The highest BCUT2D eigenvalue weighted by Crippen LogP contribution is 2.21. The maximum absolute atomic E-state index is 12.1. The number of nitrogens with zero attached hydrogens (tertiary/aromatic N) is 2. The van der Waals surface area contributed by atoms with Gasteiger partial charge in [0, 0.05) is 18.8 Å². The highest BCUT2D eigenvalue weighted by atomic mass is 32.2. The van der Waals surface area contributed by atoms with Gasteiger partial charge in [0.1, 0.15) is 10.9 Å². The second-order valence-corrected chi connectivity index (χ2v) is 5.99. The Bertz CT molecular complexity index is 769. The number of hydrogen-bond donors (Lipinski definition) is 3. The largest absolute Gasteiger partial charge is 0.323 e. The molecule has 1 aromatic carbocycles. The lowest BCUT2D eigenvalue weighted by Crippen LogP contribution is -2.28. The Hall–Kier alpha value is -2.23. The van der Waals surface area contributed by atoms with Crippen LogP contribution < -0.4 is 16.2 Å². The number of carbonyl (C=O) groups is 1. The van der Waals surface area contributed by atoms with E-state index in [0.717, 1.165) is 0 Å². The van der Waals surface area contributed by atoms with Gasteiger partial charge in [0.15, 0.2) is 0 Å². The molecule has 1 aromatic heterocycles.